The molecule has 0 spiro atoms. The average Bonchev–Trinajstić information content (AvgIpc) is 2.73. The molecule has 1 aromatic heterocycles. The maximum absolute atomic E-state index is 12.9. The number of ketones is 1. The lowest BCUT2D eigenvalue weighted by atomic mass is 9.88. The second-order valence-electron chi connectivity index (χ2n) is 6.67. The first kappa shape index (κ1) is 17.0. The highest BCUT2D eigenvalue weighted by Gasteiger charge is 2.27. The van der Waals surface area contributed by atoms with Crippen molar-refractivity contribution in [2.24, 2.45) is 5.92 Å². The summed E-state index contributed by atoms with van der Waals surface area (Å²) in [6.07, 6.45) is 1.44. The third-order valence-electron chi connectivity index (χ3n) is 4.94. The number of nitrogens with zero attached hydrogens (tertiary/aromatic N) is 3. The number of nitriles is 1. The summed E-state index contributed by atoms with van der Waals surface area (Å²) in [7, 11) is 0. The Morgan fingerprint density at radius 2 is 2.07 bits per heavy atom. The lowest BCUT2D eigenvalue weighted by Crippen LogP contribution is -2.37. The molecule has 2 aliphatic rings. The van der Waals surface area contributed by atoms with Crippen LogP contribution in [-0.2, 0) is 4.79 Å². The molecule has 0 radical (unpaired) electrons. The molecular formula is C20H18N4O3. The van der Waals surface area contributed by atoms with Crippen LogP contribution < -0.4 is 15.0 Å². The second-order valence-corrected chi connectivity index (χ2v) is 6.67. The van der Waals surface area contributed by atoms with Gasteiger partial charge in [-0.15, -0.1) is 0 Å². The number of nitrogens with one attached hydrogen (secondary N) is 1. The average molecular weight is 362 g/mol. The second kappa shape index (κ2) is 7.08. The summed E-state index contributed by atoms with van der Waals surface area (Å²) in [5.74, 6) is 1.15. The van der Waals surface area contributed by atoms with Crippen LogP contribution in [0.4, 0.5) is 11.5 Å². The van der Waals surface area contributed by atoms with Crippen molar-refractivity contribution in [3.63, 3.8) is 0 Å². The number of rotatable bonds is 3. The number of carbonyl (C=O) groups excluding carboxylic acids is 2. The van der Waals surface area contributed by atoms with Gasteiger partial charge in [0.15, 0.2) is 12.4 Å². The van der Waals surface area contributed by atoms with E-state index in [-0.39, 0.29) is 24.2 Å². The summed E-state index contributed by atoms with van der Waals surface area (Å²) in [5, 5.41) is 11.7. The number of anilines is 2. The van der Waals surface area contributed by atoms with E-state index in [4.69, 9.17) is 10.00 Å². The van der Waals surface area contributed by atoms with Crippen molar-refractivity contribution in [2.75, 3.05) is 29.9 Å². The Kier molecular flexibility index (Phi) is 4.47. The van der Waals surface area contributed by atoms with Gasteiger partial charge in [-0.1, -0.05) is 6.07 Å². The molecule has 1 saturated heterocycles. The lowest BCUT2D eigenvalue weighted by molar-refractivity contribution is -0.118. The van der Waals surface area contributed by atoms with Gasteiger partial charge in [0.25, 0.3) is 5.91 Å². The maximum Gasteiger partial charge on any atom is 0.262 e. The Bertz CT molecular complexity index is 942. The van der Waals surface area contributed by atoms with Gasteiger partial charge < -0.3 is 15.0 Å². The van der Waals surface area contributed by atoms with E-state index < -0.39 is 0 Å². The van der Waals surface area contributed by atoms with Gasteiger partial charge in [0.2, 0.25) is 0 Å². The predicted octanol–water partition coefficient (Wildman–Crippen LogP) is 2.38. The molecule has 0 aliphatic carbocycles. The molecule has 7 heteroatoms. The summed E-state index contributed by atoms with van der Waals surface area (Å²) >= 11 is 0. The van der Waals surface area contributed by atoms with Crippen molar-refractivity contribution in [2.45, 2.75) is 12.8 Å². The summed E-state index contributed by atoms with van der Waals surface area (Å²) < 4.78 is 5.34. The van der Waals surface area contributed by atoms with Crippen LogP contribution in [0.15, 0.2) is 36.4 Å². The highest BCUT2D eigenvalue weighted by Crippen LogP contribution is 2.31. The predicted molar refractivity (Wildman–Crippen MR) is 98.8 cm³/mol. The van der Waals surface area contributed by atoms with Crippen molar-refractivity contribution < 1.29 is 14.3 Å². The molecule has 1 aromatic carbocycles. The quantitative estimate of drug-likeness (QED) is 0.843. The lowest BCUT2D eigenvalue weighted by Gasteiger charge is -2.32. The fourth-order valence-electron chi connectivity index (χ4n) is 3.50. The Morgan fingerprint density at radius 3 is 2.85 bits per heavy atom. The van der Waals surface area contributed by atoms with Gasteiger partial charge in [0, 0.05) is 24.6 Å². The van der Waals surface area contributed by atoms with Crippen LogP contribution in [0.1, 0.15) is 28.9 Å². The summed E-state index contributed by atoms with van der Waals surface area (Å²) in [6, 6.07) is 12.6. The topological polar surface area (TPSA) is 95.3 Å². The number of Topliss-reactive ketones (excluding diaryl/α,β-unsaturated/α-hetero) is 1. The van der Waals surface area contributed by atoms with Gasteiger partial charge in [-0.05, 0) is 43.2 Å². The zero-order valence-electron chi connectivity index (χ0n) is 14.6. The molecule has 0 bridgehead atoms. The van der Waals surface area contributed by atoms with Crippen LogP contribution in [-0.4, -0.2) is 36.4 Å². The van der Waals surface area contributed by atoms with Crippen molar-refractivity contribution in [3.05, 3.63) is 47.7 Å². The SMILES string of the molecule is N#Cc1cccc(N2CCC(C(=O)c3ccc4c(c3)NC(=O)CO4)CC2)n1. The van der Waals surface area contributed by atoms with Gasteiger partial charge in [0.1, 0.15) is 23.3 Å². The van der Waals surface area contributed by atoms with E-state index in [1.54, 1.807) is 24.3 Å². The van der Waals surface area contributed by atoms with E-state index in [0.29, 0.717) is 35.8 Å². The Morgan fingerprint density at radius 1 is 1.26 bits per heavy atom. The van der Waals surface area contributed by atoms with Crippen LogP contribution >= 0.6 is 0 Å². The first-order chi connectivity index (χ1) is 13.1. The number of fused-ring (bicyclic) bond motifs is 1. The highest BCUT2D eigenvalue weighted by molar-refractivity contribution is 6.01. The van der Waals surface area contributed by atoms with Crippen LogP contribution in [0.5, 0.6) is 5.75 Å². The normalized spacial score (nSPS) is 16.7. The minimum atomic E-state index is -0.215. The minimum absolute atomic E-state index is 0.000209. The Balaban J connectivity index is 1.44. The number of ether oxygens (including phenoxy) is 1. The number of amides is 1. The number of pyridine rings is 1. The Hall–Kier alpha value is -3.40. The fourth-order valence-corrected chi connectivity index (χ4v) is 3.50. The molecule has 1 amide bonds. The third kappa shape index (κ3) is 3.47. The van der Waals surface area contributed by atoms with Gasteiger partial charge in [-0.2, -0.15) is 5.26 Å². The molecule has 136 valence electrons. The van der Waals surface area contributed by atoms with Gasteiger partial charge in [0.05, 0.1) is 5.69 Å². The van der Waals surface area contributed by atoms with E-state index >= 15 is 0 Å². The van der Waals surface area contributed by atoms with Crippen molar-refractivity contribution >= 4 is 23.2 Å². The summed E-state index contributed by atoms with van der Waals surface area (Å²) in [4.78, 5) is 30.8. The molecule has 4 rings (SSSR count). The molecule has 27 heavy (non-hydrogen) atoms. The molecule has 7 nitrogen and oxygen atoms in total. The molecule has 0 unspecified atom stereocenters. The van der Waals surface area contributed by atoms with E-state index in [0.717, 1.165) is 18.7 Å². The molecular weight excluding hydrogens is 344 g/mol. The molecule has 2 aromatic rings. The summed E-state index contributed by atoms with van der Waals surface area (Å²) in [6.45, 7) is 1.42. The highest BCUT2D eigenvalue weighted by atomic mass is 16.5. The number of hydrogen-bond acceptors (Lipinski definition) is 6. The number of benzene rings is 1. The monoisotopic (exact) mass is 362 g/mol. The fraction of sp³-hybridized carbons (Fsp3) is 0.300. The molecule has 0 saturated carbocycles. The first-order valence-electron chi connectivity index (χ1n) is 8.87. The molecule has 3 heterocycles. The standard InChI is InChI=1S/C20H18N4O3/c21-11-15-2-1-3-18(22-15)24-8-6-13(7-9-24)20(26)14-4-5-17-16(10-14)23-19(25)12-27-17/h1-5,10,13H,6-9,12H2,(H,23,25). The van der Waals surface area contributed by atoms with Gasteiger partial charge >= 0.3 is 0 Å². The molecule has 2 aliphatic heterocycles. The van der Waals surface area contributed by atoms with E-state index in [2.05, 4.69) is 21.3 Å². The first-order valence-corrected chi connectivity index (χ1v) is 8.87. The van der Waals surface area contributed by atoms with E-state index in [9.17, 15) is 9.59 Å². The third-order valence-corrected chi connectivity index (χ3v) is 4.94. The van der Waals surface area contributed by atoms with E-state index in [1.807, 2.05) is 12.1 Å². The number of piperidine rings is 1. The molecule has 1 N–H and O–H groups in total. The smallest absolute Gasteiger partial charge is 0.262 e. The molecule has 0 atom stereocenters. The van der Waals surface area contributed by atoms with E-state index in [1.165, 1.54) is 0 Å². The van der Waals surface area contributed by atoms with Gasteiger partial charge in [-0.25, -0.2) is 4.98 Å². The zero-order chi connectivity index (χ0) is 18.8. The van der Waals surface area contributed by atoms with Crippen LogP contribution in [0, 0.1) is 17.2 Å². The van der Waals surface area contributed by atoms with Crippen molar-refractivity contribution in [1.29, 1.82) is 5.26 Å². The number of carbonyl (C=O) groups is 2. The Labute approximate surface area is 156 Å². The van der Waals surface area contributed by atoms with Crippen LogP contribution in [0.2, 0.25) is 0 Å². The van der Waals surface area contributed by atoms with Crippen LogP contribution in [0.3, 0.4) is 0 Å². The van der Waals surface area contributed by atoms with Gasteiger partial charge in [-0.3, -0.25) is 9.59 Å². The number of hydrogen-bond donors (Lipinski definition) is 1. The zero-order valence-corrected chi connectivity index (χ0v) is 14.6. The summed E-state index contributed by atoms with van der Waals surface area (Å²) in [5.41, 5.74) is 1.53. The maximum atomic E-state index is 12.9. The number of aromatic nitrogens is 1. The largest absolute Gasteiger partial charge is 0.482 e. The van der Waals surface area contributed by atoms with Crippen molar-refractivity contribution in [1.82, 2.24) is 4.98 Å². The minimum Gasteiger partial charge on any atom is -0.482 e. The van der Waals surface area contributed by atoms with Crippen molar-refractivity contribution in [3.8, 4) is 11.8 Å². The van der Waals surface area contributed by atoms with Crippen LogP contribution in [0.25, 0.3) is 0 Å². The molecule has 1 fully saturated rings.